The van der Waals surface area contributed by atoms with Crippen LogP contribution >= 0.6 is 22.7 Å². The fourth-order valence-electron chi connectivity index (χ4n) is 5.32. The van der Waals surface area contributed by atoms with Crippen molar-refractivity contribution in [3.8, 4) is 21.4 Å². The lowest BCUT2D eigenvalue weighted by atomic mass is 9.92. The Kier molecular flexibility index (Phi) is 11.4. The minimum Gasteiger partial charge on any atom is -0.390 e. The molecule has 16 heteroatoms. The van der Waals surface area contributed by atoms with E-state index in [2.05, 4.69) is 40.5 Å². The van der Waals surface area contributed by atoms with Crippen LogP contribution in [0.4, 0.5) is 29.5 Å². The highest BCUT2D eigenvalue weighted by Crippen LogP contribution is 2.35. The average molecular weight is 695 g/mol. The molecule has 4 heterocycles. The Bertz CT molecular complexity index is 1620. The molecule has 2 aliphatic carbocycles. The molecule has 0 atom stereocenters. The third-order valence-electron chi connectivity index (χ3n) is 7.79. The van der Waals surface area contributed by atoms with E-state index >= 15 is 0 Å². The second-order valence-electron chi connectivity index (χ2n) is 11.9. The lowest BCUT2D eigenvalue weighted by Gasteiger charge is -2.28. The Morgan fingerprint density at radius 3 is 1.53 bits per heavy atom. The second kappa shape index (κ2) is 15.3. The van der Waals surface area contributed by atoms with Crippen LogP contribution in [-0.2, 0) is 18.0 Å². The predicted molar refractivity (Wildman–Crippen MR) is 174 cm³/mol. The van der Waals surface area contributed by atoms with Crippen LogP contribution in [0.15, 0.2) is 22.9 Å². The number of nitrogens with zero attached hydrogens (tertiary/aromatic N) is 6. The number of hydrogen-bond donors (Lipinski definition) is 3. The third-order valence-corrected chi connectivity index (χ3v) is 9.75. The van der Waals surface area contributed by atoms with E-state index < -0.39 is 11.8 Å². The molecule has 2 saturated carbocycles. The van der Waals surface area contributed by atoms with Crippen LogP contribution < -0.4 is 10.6 Å². The van der Waals surface area contributed by atoms with Crippen LogP contribution in [0.2, 0.25) is 0 Å². The number of nitrogens with one attached hydrogen (secondary N) is 2. The summed E-state index contributed by atoms with van der Waals surface area (Å²) in [7, 11) is 1.60. The van der Waals surface area contributed by atoms with Crippen LogP contribution in [0.25, 0.3) is 21.4 Å². The SMILES string of the molecule is COCc1cc(-c2nc(C)cs2)nc(NC2CCC(F)(F)CC2)n1.Cc1csc(-c2cc(CO)nc(NC3CCC(F)(F)CC3)n2)n1. The first-order valence-corrected chi connectivity index (χ1v) is 17.2. The standard InChI is InChI=1S/C16H20F2N4OS.C15H18F2N4OS/c1-10-9-24-14(19-10)13-7-12(8-23-2)21-15(22-13)20-11-3-5-16(17,18)6-4-11;1-9-8-23-13(18-9)12-6-11(7-22)20-14(21-12)19-10-2-4-15(16,17)5-3-10/h7,9,11H,3-6,8H2,1-2H3,(H,20,21,22);6,8,10,22H,2-5,7H2,1H3,(H,19,20,21). The van der Waals surface area contributed by atoms with Gasteiger partial charge in [0, 0.05) is 67.0 Å². The van der Waals surface area contributed by atoms with Gasteiger partial charge in [-0.1, -0.05) is 0 Å². The smallest absolute Gasteiger partial charge is 0.248 e. The van der Waals surface area contributed by atoms with Crippen molar-refractivity contribution in [2.24, 2.45) is 0 Å². The van der Waals surface area contributed by atoms with Gasteiger partial charge in [-0.15, -0.1) is 22.7 Å². The van der Waals surface area contributed by atoms with E-state index in [1.54, 1.807) is 13.2 Å². The topological polar surface area (TPSA) is 131 Å². The molecule has 254 valence electrons. The Hall–Kier alpha value is -3.34. The molecular formula is C31H38F4N8O2S2. The summed E-state index contributed by atoms with van der Waals surface area (Å²) < 4.78 is 58.2. The van der Waals surface area contributed by atoms with Crippen molar-refractivity contribution >= 4 is 34.6 Å². The van der Waals surface area contributed by atoms with Crippen molar-refractivity contribution in [2.75, 3.05) is 17.7 Å². The van der Waals surface area contributed by atoms with Gasteiger partial charge in [0.1, 0.15) is 21.4 Å². The molecule has 2 aliphatic rings. The molecule has 0 spiro atoms. The number of anilines is 2. The van der Waals surface area contributed by atoms with Crippen molar-refractivity contribution in [3.05, 3.63) is 45.7 Å². The van der Waals surface area contributed by atoms with E-state index in [0.29, 0.717) is 55.6 Å². The lowest BCUT2D eigenvalue weighted by Crippen LogP contribution is -2.32. The summed E-state index contributed by atoms with van der Waals surface area (Å²) in [6.07, 6.45) is 1.15. The molecule has 10 nitrogen and oxygen atoms in total. The van der Waals surface area contributed by atoms with E-state index in [4.69, 9.17) is 4.74 Å². The Balaban J connectivity index is 0.000000185. The maximum absolute atomic E-state index is 13.3. The van der Waals surface area contributed by atoms with Crippen molar-refractivity contribution in [3.63, 3.8) is 0 Å². The fraction of sp³-hybridized carbons (Fsp3) is 0.548. The molecular weight excluding hydrogens is 657 g/mol. The van der Waals surface area contributed by atoms with Gasteiger partial charge in [0.05, 0.1) is 24.6 Å². The Labute approximate surface area is 278 Å². The lowest BCUT2D eigenvalue weighted by molar-refractivity contribution is -0.0366. The maximum Gasteiger partial charge on any atom is 0.248 e. The molecule has 0 aromatic carbocycles. The van der Waals surface area contributed by atoms with Gasteiger partial charge in [0.15, 0.2) is 0 Å². The molecule has 4 aromatic rings. The predicted octanol–water partition coefficient (Wildman–Crippen LogP) is 7.44. The molecule has 0 aliphatic heterocycles. The van der Waals surface area contributed by atoms with Crippen LogP contribution in [-0.4, -0.2) is 66.0 Å². The van der Waals surface area contributed by atoms with Crippen molar-refractivity contribution in [1.82, 2.24) is 29.9 Å². The normalized spacial score (nSPS) is 18.0. The molecule has 0 saturated heterocycles. The zero-order valence-corrected chi connectivity index (χ0v) is 28.0. The highest BCUT2D eigenvalue weighted by molar-refractivity contribution is 7.13. The van der Waals surface area contributed by atoms with E-state index in [9.17, 15) is 22.7 Å². The summed E-state index contributed by atoms with van der Waals surface area (Å²) >= 11 is 2.98. The molecule has 3 N–H and O–H groups in total. The van der Waals surface area contributed by atoms with Gasteiger partial charge < -0.3 is 20.5 Å². The van der Waals surface area contributed by atoms with Gasteiger partial charge in [-0.05, 0) is 51.7 Å². The Morgan fingerprint density at radius 1 is 0.723 bits per heavy atom. The Morgan fingerprint density at radius 2 is 1.15 bits per heavy atom. The van der Waals surface area contributed by atoms with Gasteiger partial charge >= 0.3 is 0 Å². The first-order chi connectivity index (χ1) is 22.4. The van der Waals surface area contributed by atoms with E-state index in [0.717, 1.165) is 32.8 Å². The van der Waals surface area contributed by atoms with Crippen molar-refractivity contribution < 1.29 is 27.4 Å². The number of hydrogen-bond acceptors (Lipinski definition) is 12. The number of aryl methyl sites for hydroxylation is 2. The van der Waals surface area contributed by atoms with Gasteiger partial charge in [-0.25, -0.2) is 47.5 Å². The molecule has 0 amide bonds. The number of aliphatic hydroxyl groups excluding tert-OH is 1. The number of thiazole rings is 2. The largest absolute Gasteiger partial charge is 0.390 e. The van der Waals surface area contributed by atoms with Gasteiger partial charge in [-0.3, -0.25) is 0 Å². The summed E-state index contributed by atoms with van der Waals surface area (Å²) in [5.41, 5.74) is 4.40. The molecule has 47 heavy (non-hydrogen) atoms. The third kappa shape index (κ3) is 10.1. The number of methoxy groups -OCH3 is 1. The molecule has 0 bridgehead atoms. The zero-order chi connectivity index (χ0) is 33.6. The number of aromatic nitrogens is 6. The summed E-state index contributed by atoms with van der Waals surface area (Å²) in [5, 5.41) is 21.1. The monoisotopic (exact) mass is 694 g/mol. The number of aliphatic hydroxyl groups is 1. The molecule has 2 fully saturated rings. The van der Waals surface area contributed by atoms with E-state index in [1.807, 2.05) is 30.7 Å². The summed E-state index contributed by atoms with van der Waals surface area (Å²) in [5.74, 6) is -4.30. The average Bonchev–Trinajstić information content (AvgIpc) is 3.68. The first-order valence-electron chi connectivity index (χ1n) is 15.4. The van der Waals surface area contributed by atoms with Gasteiger partial charge in [0.25, 0.3) is 0 Å². The van der Waals surface area contributed by atoms with E-state index in [-0.39, 0.29) is 44.4 Å². The van der Waals surface area contributed by atoms with Crippen LogP contribution in [0.3, 0.4) is 0 Å². The highest BCUT2D eigenvalue weighted by Gasteiger charge is 2.36. The first kappa shape index (κ1) is 35.0. The number of rotatable bonds is 9. The minimum atomic E-state index is -2.56. The van der Waals surface area contributed by atoms with Crippen LogP contribution in [0.1, 0.15) is 74.1 Å². The molecule has 0 unspecified atom stereocenters. The number of ether oxygens (including phenoxy) is 1. The van der Waals surface area contributed by atoms with Crippen LogP contribution in [0.5, 0.6) is 0 Å². The number of halogens is 4. The molecule has 0 radical (unpaired) electrons. The summed E-state index contributed by atoms with van der Waals surface area (Å²) in [4.78, 5) is 26.4. The van der Waals surface area contributed by atoms with E-state index in [1.165, 1.54) is 22.7 Å². The minimum absolute atomic E-state index is 0.0340. The fourth-order valence-corrected chi connectivity index (χ4v) is 6.84. The number of alkyl halides is 4. The molecule has 4 aromatic heterocycles. The highest BCUT2D eigenvalue weighted by atomic mass is 32.1. The summed E-state index contributed by atoms with van der Waals surface area (Å²) in [6, 6.07) is 3.43. The summed E-state index contributed by atoms with van der Waals surface area (Å²) in [6.45, 7) is 3.97. The van der Waals surface area contributed by atoms with Crippen LogP contribution in [0, 0.1) is 13.8 Å². The maximum atomic E-state index is 13.3. The quantitative estimate of drug-likeness (QED) is 0.152. The molecule has 6 rings (SSSR count). The zero-order valence-electron chi connectivity index (χ0n) is 26.4. The van der Waals surface area contributed by atoms with Crippen molar-refractivity contribution in [2.45, 2.75) is 102 Å². The second-order valence-corrected chi connectivity index (χ2v) is 13.6. The van der Waals surface area contributed by atoms with Gasteiger partial charge in [-0.2, -0.15) is 0 Å². The van der Waals surface area contributed by atoms with Crippen molar-refractivity contribution in [1.29, 1.82) is 0 Å². The van der Waals surface area contributed by atoms with Gasteiger partial charge in [0.2, 0.25) is 23.7 Å².